The summed E-state index contributed by atoms with van der Waals surface area (Å²) in [5, 5.41) is 3.60. The second kappa shape index (κ2) is 9.65. The number of urea groups is 1. The number of rotatable bonds is 8. The van der Waals surface area contributed by atoms with Gasteiger partial charge in [-0.2, -0.15) is 0 Å². The molecule has 1 atom stereocenters. The minimum atomic E-state index is -1.16. The van der Waals surface area contributed by atoms with Crippen molar-refractivity contribution in [3.05, 3.63) is 101 Å². The molecular weight excluding hydrogens is 438 g/mol. The second-order valence-electron chi connectivity index (χ2n) is 8.21. The summed E-state index contributed by atoms with van der Waals surface area (Å²) in [7, 11) is 3.45. The lowest BCUT2D eigenvalue weighted by atomic mass is 9.83. The molecule has 3 amide bonds. The van der Waals surface area contributed by atoms with E-state index in [2.05, 4.69) is 5.32 Å². The Labute approximate surface area is 198 Å². The maximum absolute atomic E-state index is 13.8. The molecule has 1 saturated heterocycles. The summed E-state index contributed by atoms with van der Waals surface area (Å²) in [5.74, 6) is 0.429. The maximum Gasteiger partial charge on any atom is 0.326 e. The Kier molecular flexibility index (Phi) is 6.67. The van der Waals surface area contributed by atoms with Gasteiger partial charge < -0.3 is 10.1 Å². The zero-order chi connectivity index (χ0) is 23.4. The highest BCUT2D eigenvalue weighted by molar-refractivity contribution is 6.30. The van der Waals surface area contributed by atoms with Crippen LogP contribution in [0.5, 0.6) is 5.75 Å². The smallest absolute Gasteiger partial charge is 0.326 e. The van der Waals surface area contributed by atoms with E-state index in [1.54, 1.807) is 19.2 Å². The summed E-state index contributed by atoms with van der Waals surface area (Å²) >= 11 is 6.15. The van der Waals surface area contributed by atoms with Crippen LogP contribution in [0.3, 0.4) is 0 Å². The Morgan fingerprint density at radius 3 is 2.33 bits per heavy atom. The lowest BCUT2D eigenvalue weighted by Gasteiger charge is -2.28. The van der Waals surface area contributed by atoms with Gasteiger partial charge in [-0.15, -0.1) is 0 Å². The van der Waals surface area contributed by atoms with Gasteiger partial charge in [-0.25, -0.2) is 9.69 Å². The fourth-order valence-electron chi connectivity index (χ4n) is 4.25. The van der Waals surface area contributed by atoms with Crippen molar-refractivity contribution in [1.82, 2.24) is 15.1 Å². The Morgan fingerprint density at radius 1 is 1.00 bits per heavy atom. The molecule has 0 saturated carbocycles. The van der Waals surface area contributed by atoms with Gasteiger partial charge in [0.25, 0.3) is 5.91 Å². The van der Waals surface area contributed by atoms with Crippen LogP contribution < -0.4 is 10.1 Å². The van der Waals surface area contributed by atoms with E-state index in [1.807, 2.05) is 78.7 Å². The van der Waals surface area contributed by atoms with Gasteiger partial charge in [-0.3, -0.25) is 9.69 Å². The number of hydrogen-bond acceptors (Lipinski definition) is 4. The van der Waals surface area contributed by atoms with Gasteiger partial charge in [0.05, 0.1) is 13.8 Å². The van der Waals surface area contributed by atoms with Crippen molar-refractivity contribution in [2.24, 2.45) is 0 Å². The van der Waals surface area contributed by atoms with E-state index in [9.17, 15) is 9.59 Å². The number of nitrogens with one attached hydrogen (secondary N) is 1. The number of imide groups is 1. The summed E-state index contributed by atoms with van der Waals surface area (Å²) in [4.78, 5) is 30.0. The summed E-state index contributed by atoms with van der Waals surface area (Å²) in [6.07, 6.45) is 0.366. The van der Waals surface area contributed by atoms with Crippen LogP contribution in [0.25, 0.3) is 0 Å². The van der Waals surface area contributed by atoms with Crippen LogP contribution in [0.2, 0.25) is 5.02 Å². The van der Waals surface area contributed by atoms with Gasteiger partial charge in [0.15, 0.2) is 5.54 Å². The van der Waals surface area contributed by atoms with Crippen molar-refractivity contribution < 1.29 is 14.3 Å². The summed E-state index contributed by atoms with van der Waals surface area (Å²) in [5.41, 5.74) is 1.44. The number of ether oxygens (including phenoxy) is 1. The molecule has 0 spiro atoms. The van der Waals surface area contributed by atoms with Crippen molar-refractivity contribution in [2.45, 2.75) is 18.5 Å². The highest BCUT2D eigenvalue weighted by atomic mass is 35.5. The standard InChI is InChI=1S/C26H26ClN3O3/c1-29(17-20-15-22(27)13-14-23(20)33-2)18-30-24(31)26(28-25(30)32,21-11-7-4-8-12-21)16-19-9-5-3-6-10-19/h3-15H,16-18H2,1-2H3,(H,28,32)/t26-/m0/s1. The molecule has 6 nitrogen and oxygen atoms in total. The molecule has 1 aliphatic heterocycles. The molecule has 0 unspecified atom stereocenters. The van der Waals surface area contributed by atoms with Crippen molar-refractivity contribution in [2.75, 3.05) is 20.8 Å². The first-order valence-electron chi connectivity index (χ1n) is 10.7. The molecule has 170 valence electrons. The third-order valence-electron chi connectivity index (χ3n) is 5.82. The molecule has 1 fully saturated rings. The zero-order valence-corrected chi connectivity index (χ0v) is 19.4. The first-order chi connectivity index (χ1) is 15.9. The predicted molar refractivity (Wildman–Crippen MR) is 128 cm³/mol. The monoisotopic (exact) mass is 463 g/mol. The van der Waals surface area contributed by atoms with E-state index in [0.29, 0.717) is 23.7 Å². The molecule has 0 bridgehead atoms. The summed E-state index contributed by atoms with van der Waals surface area (Å²) in [6.45, 7) is 0.585. The van der Waals surface area contributed by atoms with Crippen molar-refractivity contribution in [3.63, 3.8) is 0 Å². The number of methoxy groups -OCH3 is 1. The van der Waals surface area contributed by atoms with E-state index < -0.39 is 11.6 Å². The van der Waals surface area contributed by atoms with Crippen LogP contribution in [0.15, 0.2) is 78.9 Å². The number of carbonyl (C=O) groups excluding carboxylic acids is 2. The Morgan fingerprint density at radius 2 is 1.67 bits per heavy atom. The molecule has 1 heterocycles. The molecule has 3 aromatic rings. The number of amides is 3. The Hall–Kier alpha value is -3.35. The topological polar surface area (TPSA) is 61.9 Å². The van der Waals surface area contributed by atoms with Crippen molar-refractivity contribution in [1.29, 1.82) is 0 Å². The minimum Gasteiger partial charge on any atom is -0.496 e. The first-order valence-corrected chi connectivity index (χ1v) is 11.1. The van der Waals surface area contributed by atoms with E-state index >= 15 is 0 Å². The van der Waals surface area contributed by atoms with Gasteiger partial charge in [0, 0.05) is 23.6 Å². The molecule has 1 N–H and O–H groups in total. The SMILES string of the molecule is COc1ccc(Cl)cc1CN(C)CN1C(=O)N[C@@](Cc2ccccc2)(c2ccccc2)C1=O. The number of nitrogens with zero attached hydrogens (tertiary/aromatic N) is 2. The molecule has 7 heteroatoms. The molecule has 0 aliphatic carbocycles. The number of hydrogen-bond donors (Lipinski definition) is 1. The van der Waals surface area contributed by atoms with E-state index in [4.69, 9.17) is 16.3 Å². The molecule has 33 heavy (non-hydrogen) atoms. The minimum absolute atomic E-state index is 0.129. The van der Waals surface area contributed by atoms with Crippen LogP contribution in [0.1, 0.15) is 16.7 Å². The third-order valence-corrected chi connectivity index (χ3v) is 6.06. The van der Waals surface area contributed by atoms with Crippen LogP contribution >= 0.6 is 11.6 Å². The fraction of sp³-hybridized carbons (Fsp3) is 0.231. The summed E-state index contributed by atoms with van der Waals surface area (Å²) < 4.78 is 5.43. The van der Waals surface area contributed by atoms with Crippen molar-refractivity contribution >= 4 is 23.5 Å². The number of halogens is 1. The average molecular weight is 464 g/mol. The maximum atomic E-state index is 13.8. The predicted octanol–water partition coefficient (Wildman–Crippen LogP) is 4.43. The third kappa shape index (κ3) is 4.72. The lowest BCUT2D eigenvalue weighted by molar-refractivity contribution is -0.133. The molecule has 0 radical (unpaired) electrons. The van der Waals surface area contributed by atoms with E-state index in [-0.39, 0.29) is 12.6 Å². The van der Waals surface area contributed by atoms with Crippen LogP contribution in [0, 0.1) is 0 Å². The van der Waals surface area contributed by atoms with E-state index in [1.165, 1.54) is 4.90 Å². The Bertz CT molecular complexity index is 1140. The normalized spacial score (nSPS) is 18.0. The molecule has 4 rings (SSSR count). The summed E-state index contributed by atoms with van der Waals surface area (Å²) in [6, 6.07) is 24.1. The van der Waals surface area contributed by atoms with Crippen molar-refractivity contribution in [3.8, 4) is 5.75 Å². The van der Waals surface area contributed by atoms with Crippen LogP contribution in [-0.2, 0) is 23.3 Å². The molecular formula is C26H26ClN3O3. The second-order valence-corrected chi connectivity index (χ2v) is 8.65. The number of benzene rings is 3. The fourth-order valence-corrected chi connectivity index (χ4v) is 4.44. The van der Waals surface area contributed by atoms with Gasteiger partial charge in [-0.1, -0.05) is 72.3 Å². The van der Waals surface area contributed by atoms with E-state index in [0.717, 1.165) is 16.7 Å². The highest BCUT2D eigenvalue weighted by Crippen LogP contribution is 2.33. The largest absolute Gasteiger partial charge is 0.496 e. The quantitative estimate of drug-likeness (QED) is 0.502. The molecule has 1 aliphatic rings. The Balaban J connectivity index is 1.60. The van der Waals surface area contributed by atoms with Crippen LogP contribution in [-0.4, -0.2) is 42.6 Å². The van der Waals surface area contributed by atoms with Gasteiger partial charge in [0.2, 0.25) is 0 Å². The first kappa shape index (κ1) is 22.8. The molecule has 0 aromatic heterocycles. The van der Waals surface area contributed by atoms with Gasteiger partial charge >= 0.3 is 6.03 Å². The highest BCUT2D eigenvalue weighted by Gasteiger charge is 2.52. The number of carbonyl (C=O) groups is 2. The lowest BCUT2D eigenvalue weighted by Crippen LogP contribution is -2.46. The zero-order valence-electron chi connectivity index (χ0n) is 18.6. The average Bonchev–Trinajstić information content (AvgIpc) is 3.05. The molecule has 3 aromatic carbocycles. The van der Waals surface area contributed by atoms with Gasteiger partial charge in [0.1, 0.15) is 5.75 Å². The van der Waals surface area contributed by atoms with Crippen LogP contribution in [0.4, 0.5) is 4.79 Å². The van der Waals surface area contributed by atoms with Gasteiger partial charge in [-0.05, 0) is 36.4 Å².